The Balaban J connectivity index is 2.24. The summed E-state index contributed by atoms with van der Waals surface area (Å²) >= 11 is 0. The van der Waals surface area contributed by atoms with Crippen LogP contribution in [0.4, 0.5) is 5.69 Å². The van der Waals surface area contributed by atoms with Crippen LogP contribution in [0.25, 0.3) is 0 Å². The van der Waals surface area contributed by atoms with Crippen LogP contribution in [0.1, 0.15) is 46.8 Å². The Morgan fingerprint density at radius 3 is 1.81 bits per heavy atom. The monoisotopic (exact) mass is 359 g/mol. The molecule has 3 aromatic carbocycles. The van der Waals surface area contributed by atoms with Gasteiger partial charge in [-0.1, -0.05) is 60.7 Å². The normalized spacial score (nSPS) is 10.8. The largest absolute Gasteiger partial charge is 0.478 e. The van der Waals surface area contributed by atoms with Gasteiger partial charge >= 0.3 is 5.97 Å². The molecule has 138 valence electrons. The van der Waals surface area contributed by atoms with Crippen molar-refractivity contribution in [3.05, 3.63) is 101 Å². The molecule has 0 spiro atoms. The fourth-order valence-corrected chi connectivity index (χ4v) is 3.61. The maximum atomic E-state index is 12.0. The number of carbonyl (C=O) groups is 1. The zero-order valence-corrected chi connectivity index (χ0v) is 15.8. The van der Waals surface area contributed by atoms with E-state index in [0.29, 0.717) is 5.56 Å². The first-order chi connectivity index (χ1) is 13.2. The van der Waals surface area contributed by atoms with Crippen molar-refractivity contribution in [3.8, 4) is 0 Å². The molecule has 0 bridgehead atoms. The first-order valence-electron chi connectivity index (χ1n) is 9.37. The first-order valence-corrected chi connectivity index (χ1v) is 9.37. The molecule has 0 aliphatic carbocycles. The molecule has 0 saturated heterocycles. The van der Waals surface area contributed by atoms with E-state index in [9.17, 15) is 9.90 Å². The molecule has 3 aromatic rings. The number of carboxylic acid groups (broad SMARTS) is 1. The highest BCUT2D eigenvalue weighted by Crippen LogP contribution is 2.36. The first kappa shape index (κ1) is 18.7. The van der Waals surface area contributed by atoms with Crippen LogP contribution in [-0.4, -0.2) is 24.2 Å². The van der Waals surface area contributed by atoms with Crippen molar-refractivity contribution < 1.29 is 9.90 Å². The standard InChI is InChI=1S/C24H25NO2/c1-3-25(4-2)20-15-16-21(24(26)27)22(17-20)23(18-11-7-5-8-12-18)19-13-9-6-10-14-19/h5-17,23H,3-4H2,1-2H3,(H,26,27). The molecule has 0 atom stereocenters. The molecule has 0 aliphatic heterocycles. The summed E-state index contributed by atoms with van der Waals surface area (Å²) in [5.74, 6) is -1.03. The van der Waals surface area contributed by atoms with E-state index >= 15 is 0 Å². The highest BCUT2D eigenvalue weighted by molar-refractivity contribution is 5.91. The smallest absolute Gasteiger partial charge is 0.335 e. The number of rotatable bonds is 7. The average Bonchev–Trinajstić information content (AvgIpc) is 2.71. The Morgan fingerprint density at radius 2 is 1.37 bits per heavy atom. The number of aromatic carboxylic acids is 1. The molecule has 0 heterocycles. The van der Waals surface area contributed by atoms with Crippen molar-refractivity contribution in [2.75, 3.05) is 18.0 Å². The highest BCUT2D eigenvalue weighted by Gasteiger charge is 2.23. The van der Waals surface area contributed by atoms with E-state index < -0.39 is 5.97 Å². The van der Waals surface area contributed by atoms with Gasteiger partial charge in [-0.3, -0.25) is 0 Å². The molecule has 1 N–H and O–H groups in total. The maximum Gasteiger partial charge on any atom is 0.335 e. The van der Waals surface area contributed by atoms with Crippen LogP contribution in [0.3, 0.4) is 0 Å². The van der Waals surface area contributed by atoms with Crippen molar-refractivity contribution in [2.24, 2.45) is 0 Å². The lowest BCUT2D eigenvalue weighted by atomic mass is 9.82. The van der Waals surface area contributed by atoms with Crippen LogP contribution < -0.4 is 4.90 Å². The van der Waals surface area contributed by atoms with E-state index in [0.717, 1.165) is 35.5 Å². The molecule has 0 saturated carbocycles. The van der Waals surface area contributed by atoms with Gasteiger partial charge in [-0.25, -0.2) is 4.79 Å². The number of nitrogens with zero attached hydrogens (tertiary/aromatic N) is 1. The summed E-state index contributed by atoms with van der Waals surface area (Å²) in [6.45, 7) is 5.98. The SMILES string of the molecule is CCN(CC)c1ccc(C(=O)O)c(C(c2ccccc2)c2ccccc2)c1. The highest BCUT2D eigenvalue weighted by atomic mass is 16.4. The Kier molecular flexibility index (Phi) is 5.92. The summed E-state index contributed by atoms with van der Waals surface area (Å²) < 4.78 is 0. The van der Waals surface area contributed by atoms with Gasteiger partial charge in [-0.05, 0) is 48.7 Å². The van der Waals surface area contributed by atoms with Crippen LogP contribution in [0.2, 0.25) is 0 Å². The molecule has 0 unspecified atom stereocenters. The second kappa shape index (κ2) is 8.54. The maximum absolute atomic E-state index is 12.0. The van der Waals surface area contributed by atoms with Crippen LogP contribution >= 0.6 is 0 Å². The van der Waals surface area contributed by atoms with E-state index in [2.05, 4.69) is 43.0 Å². The summed E-state index contributed by atoms with van der Waals surface area (Å²) in [7, 11) is 0. The minimum absolute atomic E-state index is 0.131. The van der Waals surface area contributed by atoms with Crippen molar-refractivity contribution in [1.29, 1.82) is 0 Å². The van der Waals surface area contributed by atoms with Gasteiger partial charge in [0.15, 0.2) is 0 Å². The summed E-state index contributed by atoms with van der Waals surface area (Å²) in [4.78, 5) is 14.2. The lowest BCUT2D eigenvalue weighted by Gasteiger charge is -2.25. The van der Waals surface area contributed by atoms with Gasteiger partial charge in [0, 0.05) is 24.7 Å². The van der Waals surface area contributed by atoms with E-state index in [-0.39, 0.29) is 5.92 Å². The molecule has 0 aromatic heterocycles. The molecule has 0 fully saturated rings. The second-order valence-corrected chi connectivity index (χ2v) is 6.50. The number of hydrogen-bond acceptors (Lipinski definition) is 2. The molecular formula is C24H25NO2. The van der Waals surface area contributed by atoms with E-state index in [1.54, 1.807) is 6.07 Å². The third kappa shape index (κ3) is 4.03. The molecule has 3 nitrogen and oxygen atoms in total. The zero-order chi connectivity index (χ0) is 19.2. The van der Waals surface area contributed by atoms with E-state index in [1.807, 2.05) is 48.5 Å². The molecular weight excluding hydrogens is 334 g/mol. The van der Waals surface area contributed by atoms with E-state index in [1.165, 1.54) is 0 Å². The van der Waals surface area contributed by atoms with Gasteiger partial charge in [-0.15, -0.1) is 0 Å². The van der Waals surface area contributed by atoms with Gasteiger partial charge in [0.2, 0.25) is 0 Å². The van der Waals surface area contributed by atoms with Gasteiger partial charge in [0.25, 0.3) is 0 Å². The van der Waals surface area contributed by atoms with Crippen molar-refractivity contribution in [1.82, 2.24) is 0 Å². The second-order valence-electron chi connectivity index (χ2n) is 6.50. The van der Waals surface area contributed by atoms with Gasteiger partial charge in [0.05, 0.1) is 5.56 Å². The topological polar surface area (TPSA) is 40.5 Å². The lowest BCUT2D eigenvalue weighted by Crippen LogP contribution is -2.22. The fourth-order valence-electron chi connectivity index (χ4n) is 3.61. The zero-order valence-electron chi connectivity index (χ0n) is 15.8. The molecule has 3 rings (SSSR count). The Bertz CT molecular complexity index is 847. The summed E-state index contributed by atoms with van der Waals surface area (Å²) in [6, 6.07) is 25.9. The van der Waals surface area contributed by atoms with Gasteiger partial charge in [-0.2, -0.15) is 0 Å². The average molecular weight is 359 g/mol. The van der Waals surface area contributed by atoms with Crippen LogP contribution in [-0.2, 0) is 0 Å². The van der Waals surface area contributed by atoms with Crippen molar-refractivity contribution >= 4 is 11.7 Å². The Morgan fingerprint density at radius 1 is 0.852 bits per heavy atom. The quantitative estimate of drug-likeness (QED) is 0.573. The number of carboxylic acids is 1. The van der Waals surface area contributed by atoms with Crippen molar-refractivity contribution in [3.63, 3.8) is 0 Å². The Hall–Kier alpha value is -3.07. The number of hydrogen-bond donors (Lipinski definition) is 1. The fraction of sp³-hybridized carbons (Fsp3) is 0.208. The van der Waals surface area contributed by atoms with E-state index in [4.69, 9.17) is 0 Å². The third-order valence-corrected chi connectivity index (χ3v) is 4.97. The predicted octanol–water partition coefficient (Wildman–Crippen LogP) is 5.41. The summed E-state index contributed by atoms with van der Waals surface area (Å²) in [5, 5.41) is 9.84. The number of anilines is 1. The molecule has 27 heavy (non-hydrogen) atoms. The predicted molar refractivity (Wildman–Crippen MR) is 111 cm³/mol. The molecule has 0 aliphatic rings. The molecule has 0 amide bonds. The molecule has 0 radical (unpaired) electrons. The third-order valence-electron chi connectivity index (χ3n) is 4.97. The number of benzene rings is 3. The van der Waals surface area contributed by atoms with Crippen LogP contribution in [0.5, 0.6) is 0 Å². The van der Waals surface area contributed by atoms with Crippen LogP contribution in [0, 0.1) is 0 Å². The van der Waals surface area contributed by atoms with Gasteiger partial charge in [0.1, 0.15) is 0 Å². The van der Waals surface area contributed by atoms with Gasteiger partial charge < -0.3 is 10.0 Å². The van der Waals surface area contributed by atoms with Crippen LogP contribution in [0.15, 0.2) is 78.9 Å². The minimum atomic E-state index is -0.895. The summed E-state index contributed by atoms with van der Waals surface area (Å²) in [6.07, 6.45) is 0. The van der Waals surface area contributed by atoms with Crippen molar-refractivity contribution in [2.45, 2.75) is 19.8 Å². The minimum Gasteiger partial charge on any atom is -0.478 e. The summed E-state index contributed by atoms with van der Waals surface area (Å²) in [5.41, 5.74) is 4.40. The lowest BCUT2D eigenvalue weighted by molar-refractivity contribution is 0.0695. The molecule has 3 heteroatoms. The Labute approximate surface area is 160 Å².